The lowest BCUT2D eigenvalue weighted by Crippen LogP contribution is -2.38. The standard InChI is InChI=1S/C19H24N4O5/c1-19(12-22-10-17(23(25)26)20-18(22)28-19)13-27-16-4-2-15(3-5-16)21-8-6-14(11-24)7-9-21/h2-5,10,14,24H,6-9,11-13H2,1H3. The highest BCUT2D eigenvalue weighted by atomic mass is 16.6. The van der Waals surface area contributed by atoms with E-state index in [-0.39, 0.29) is 18.4 Å². The Bertz CT molecular complexity index is 819. The normalized spacial score (nSPS) is 22.0. The summed E-state index contributed by atoms with van der Waals surface area (Å²) in [4.78, 5) is 16.5. The second kappa shape index (κ2) is 7.31. The number of hydrogen-bond acceptors (Lipinski definition) is 7. The molecule has 1 saturated heterocycles. The van der Waals surface area contributed by atoms with Gasteiger partial charge in [-0.2, -0.15) is 0 Å². The quantitative estimate of drug-likeness (QED) is 0.598. The van der Waals surface area contributed by atoms with E-state index in [9.17, 15) is 15.2 Å². The molecule has 1 atom stereocenters. The van der Waals surface area contributed by atoms with Crippen LogP contribution in [-0.4, -0.2) is 51.5 Å². The first kappa shape index (κ1) is 18.5. The first-order valence-corrected chi connectivity index (χ1v) is 9.45. The number of aliphatic hydroxyl groups excluding tert-OH is 1. The van der Waals surface area contributed by atoms with E-state index in [1.807, 2.05) is 31.2 Å². The van der Waals surface area contributed by atoms with Gasteiger partial charge in [-0.1, -0.05) is 0 Å². The summed E-state index contributed by atoms with van der Waals surface area (Å²) >= 11 is 0. The van der Waals surface area contributed by atoms with Crippen LogP contribution in [0.15, 0.2) is 30.5 Å². The van der Waals surface area contributed by atoms with Crippen molar-refractivity contribution < 1.29 is 19.5 Å². The van der Waals surface area contributed by atoms with Crippen LogP contribution in [0.5, 0.6) is 11.8 Å². The minimum absolute atomic E-state index is 0.212. The lowest BCUT2D eigenvalue weighted by atomic mass is 9.97. The molecular formula is C19H24N4O5. The Balaban J connectivity index is 1.31. The summed E-state index contributed by atoms with van der Waals surface area (Å²) in [5, 5.41) is 20.0. The fourth-order valence-corrected chi connectivity index (χ4v) is 3.72. The molecule has 2 aromatic rings. The van der Waals surface area contributed by atoms with Gasteiger partial charge in [0.2, 0.25) is 0 Å². The number of nitro groups is 1. The molecule has 150 valence electrons. The van der Waals surface area contributed by atoms with E-state index < -0.39 is 10.5 Å². The van der Waals surface area contributed by atoms with Crippen molar-refractivity contribution in [3.63, 3.8) is 0 Å². The summed E-state index contributed by atoms with van der Waals surface area (Å²) in [5.74, 6) is 0.952. The summed E-state index contributed by atoms with van der Waals surface area (Å²) in [5.41, 5.74) is 0.530. The van der Waals surface area contributed by atoms with Crippen LogP contribution in [0, 0.1) is 16.0 Å². The highest BCUT2D eigenvalue weighted by molar-refractivity contribution is 5.49. The number of hydrogen-bond donors (Lipinski definition) is 1. The minimum atomic E-state index is -0.623. The topological polar surface area (TPSA) is 103 Å². The molecule has 4 rings (SSSR count). The van der Waals surface area contributed by atoms with Gasteiger partial charge in [0.05, 0.1) is 6.54 Å². The van der Waals surface area contributed by atoms with E-state index in [0.717, 1.165) is 37.4 Å². The molecule has 9 heteroatoms. The van der Waals surface area contributed by atoms with Crippen molar-refractivity contribution in [2.75, 3.05) is 31.2 Å². The largest absolute Gasteiger partial charge is 0.489 e. The average Bonchev–Trinajstić information content (AvgIpc) is 3.22. The molecule has 0 saturated carbocycles. The summed E-state index contributed by atoms with van der Waals surface area (Å²) in [6.07, 6.45) is 3.41. The molecule has 0 bridgehead atoms. The lowest BCUT2D eigenvalue weighted by Gasteiger charge is -2.33. The van der Waals surface area contributed by atoms with E-state index in [2.05, 4.69) is 9.88 Å². The van der Waals surface area contributed by atoms with E-state index in [0.29, 0.717) is 19.1 Å². The number of benzene rings is 1. The maximum Gasteiger partial charge on any atom is 0.415 e. The van der Waals surface area contributed by atoms with E-state index in [1.54, 1.807) is 4.57 Å². The Hall–Kier alpha value is -2.81. The molecule has 1 aromatic carbocycles. The molecule has 1 N–H and O–H groups in total. The molecule has 2 aliphatic heterocycles. The second-order valence-corrected chi connectivity index (χ2v) is 7.71. The molecular weight excluding hydrogens is 364 g/mol. The molecule has 3 heterocycles. The van der Waals surface area contributed by atoms with Gasteiger partial charge in [-0.3, -0.25) is 4.57 Å². The third-order valence-corrected chi connectivity index (χ3v) is 5.38. The smallest absolute Gasteiger partial charge is 0.415 e. The summed E-state index contributed by atoms with van der Waals surface area (Å²) in [7, 11) is 0. The van der Waals surface area contributed by atoms with Gasteiger partial charge in [0.15, 0.2) is 5.60 Å². The Morgan fingerprint density at radius 1 is 1.36 bits per heavy atom. The zero-order valence-electron chi connectivity index (χ0n) is 15.8. The average molecular weight is 388 g/mol. The van der Waals surface area contributed by atoms with Gasteiger partial charge >= 0.3 is 11.8 Å². The number of anilines is 1. The van der Waals surface area contributed by atoms with Crippen LogP contribution < -0.4 is 14.4 Å². The predicted octanol–water partition coefficient (Wildman–Crippen LogP) is 2.23. The maximum atomic E-state index is 10.8. The first-order valence-electron chi connectivity index (χ1n) is 9.45. The van der Waals surface area contributed by atoms with Crippen molar-refractivity contribution in [3.05, 3.63) is 40.6 Å². The molecule has 1 aromatic heterocycles. The van der Waals surface area contributed by atoms with Crippen molar-refractivity contribution >= 4 is 11.5 Å². The van der Waals surface area contributed by atoms with Gasteiger partial charge in [-0.15, -0.1) is 0 Å². The Morgan fingerprint density at radius 2 is 2.07 bits per heavy atom. The van der Waals surface area contributed by atoms with Crippen LogP contribution in [0.3, 0.4) is 0 Å². The van der Waals surface area contributed by atoms with Crippen molar-refractivity contribution in [2.45, 2.75) is 31.9 Å². The number of rotatable bonds is 6. The lowest BCUT2D eigenvalue weighted by molar-refractivity contribution is -0.389. The number of imidazole rings is 1. The number of fused-ring (bicyclic) bond motifs is 1. The van der Waals surface area contributed by atoms with Crippen LogP contribution in [-0.2, 0) is 6.54 Å². The van der Waals surface area contributed by atoms with Crippen molar-refractivity contribution in [3.8, 4) is 11.8 Å². The van der Waals surface area contributed by atoms with Gasteiger partial charge in [0.1, 0.15) is 18.6 Å². The Labute approximate surface area is 162 Å². The molecule has 9 nitrogen and oxygen atoms in total. The van der Waals surface area contributed by atoms with Crippen LogP contribution in [0.4, 0.5) is 11.5 Å². The van der Waals surface area contributed by atoms with Gasteiger partial charge in [0.25, 0.3) is 0 Å². The second-order valence-electron chi connectivity index (χ2n) is 7.71. The van der Waals surface area contributed by atoms with Gasteiger partial charge in [0, 0.05) is 30.4 Å². The molecule has 0 spiro atoms. The number of aliphatic hydroxyl groups is 1. The fourth-order valence-electron chi connectivity index (χ4n) is 3.72. The van der Waals surface area contributed by atoms with Crippen molar-refractivity contribution in [2.24, 2.45) is 5.92 Å². The SMILES string of the molecule is CC1(COc2ccc(N3CCC(CO)CC3)cc2)Cn2cc([N+](=O)[O-])nc2O1. The summed E-state index contributed by atoms with van der Waals surface area (Å²) in [6, 6.07) is 8.21. The molecule has 0 aliphatic carbocycles. The number of aromatic nitrogens is 2. The number of piperidine rings is 1. The van der Waals surface area contributed by atoms with E-state index >= 15 is 0 Å². The van der Waals surface area contributed by atoms with Crippen LogP contribution in [0.2, 0.25) is 0 Å². The number of ether oxygens (including phenoxy) is 2. The van der Waals surface area contributed by atoms with Gasteiger partial charge in [-0.05, 0) is 54.9 Å². The van der Waals surface area contributed by atoms with Crippen LogP contribution >= 0.6 is 0 Å². The van der Waals surface area contributed by atoms with Crippen LogP contribution in [0.25, 0.3) is 0 Å². The molecule has 0 radical (unpaired) electrons. The molecule has 28 heavy (non-hydrogen) atoms. The van der Waals surface area contributed by atoms with Gasteiger partial charge < -0.3 is 29.6 Å². The van der Waals surface area contributed by atoms with Crippen LogP contribution in [0.1, 0.15) is 19.8 Å². The van der Waals surface area contributed by atoms with E-state index in [4.69, 9.17) is 9.47 Å². The first-order chi connectivity index (χ1) is 13.5. The summed E-state index contributed by atoms with van der Waals surface area (Å²) < 4.78 is 13.3. The minimum Gasteiger partial charge on any atom is -0.489 e. The van der Waals surface area contributed by atoms with Crippen molar-refractivity contribution in [1.29, 1.82) is 0 Å². The van der Waals surface area contributed by atoms with Crippen molar-refractivity contribution in [1.82, 2.24) is 9.55 Å². The third-order valence-electron chi connectivity index (χ3n) is 5.38. The maximum absolute atomic E-state index is 10.8. The monoisotopic (exact) mass is 388 g/mol. The highest BCUT2D eigenvalue weighted by Gasteiger charge is 2.41. The highest BCUT2D eigenvalue weighted by Crippen LogP contribution is 2.32. The molecule has 1 fully saturated rings. The Kier molecular flexibility index (Phi) is 4.84. The fraction of sp³-hybridized carbons (Fsp3) is 0.526. The summed E-state index contributed by atoms with van der Waals surface area (Å²) in [6.45, 7) is 4.83. The molecule has 1 unspecified atom stereocenters. The number of nitrogens with zero attached hydrogens (tertiary/aromatic N) is 4. The Morgan fingerprint density at radius 3 is 2.68 bits per heavy atom. The predicted molar refractivity (Wildman–Crippen MR) is 102 cm³/mol. The zero-order valence-corrected chi connectivity index (χ0v) is 15.8. The molecule has 0 amide bonds. The molecule has 2 aliphatic rings. The third kappa shape index (κ3) is 3.75. The van der Waals surface area contributed by atoms with E-state index in [1.165, 1.54) is 6.20 Å². The zero-order chi connectivity index (χ0) is 19.7. The van der Waals surface area contributed by atoms with Gasteiger partial charge in [-0.25, -0.2) is 0 Å².